The van der Waals surface area contributed by atoms with Gasteiger partial charge in [-0.2, -0.15) is 0 Å². The van der Waals surface area contributed by atoms with Crippen molar-refractivity contribution < 1.29 is 8.78 Å². The van der Waals surface area contributed by atoms with Crippen LogP contribution in [0, 0.1) is 30.4 Å². The van der Waals surface area contributed by atoms with E-state index < -0.39 is 11.6 Å². The Morgan fingerprint density at radius 3 is 2.31 bits per heavy atom. The molecule has 0 unspecified atom stereocenters. The van der Waals surface area contributed by atoms with Crippen LogP contribution in [-0.2, 0) is 0 Å². The average Bonchev–Trinajstić information content (AvgIpc) is 2.02. The van der Waals surface area contributed by atoms with Gasteiger partial charge in [0.2, 0.25) is 0 Å². The molecule has 0 atom stereocenters. The summed E-state index contributed by atoms with van der Waals surface area (Å²) in [6.07, 6.45) is 0. The zero-order chi connectivity index (χ0) is 9.84. The lowest BCUT2D eigenvalue weighted by molar-refractivity contribution is 0.575. The van der Waals surface area contributed by atoms with E-state index in [1.54, 1.807) is 6.92 Å². The fraction of sp³-hybridized carbons (Fsp3) is 0.200. The number of aryl methyl sites for hydroxylation is 1. The highest BCUT2D eigenvalue weighted by Crippen LogP contribution is 2.13. The van der Waals surface area contributed by atoms with Crippen molar-refractivity contribution in [3.63, 3.8) is 0 Å². The molecular weight excluding hydrogens is 172 g/mol. The van der Waals surface area contributed by atoms with Crippen LogP contribution in [0.1, 0.15) is 11.1 Å². The van der Waals surface area contributed by atoms with Crippen LogP contribution in [0.25, 0.3) is 0 Å². The van der Waals surface area contributed by atoms with Crippen molar-refractivity contribution in [2.45, 2.75) is 6.92 Å². The standard InChI is InChI=1S/C10H9F2N/c1-7-5-9(11)8(3-2-4-13)10(12)6-7/h5-6H,4,13H2,1H3. The van der Waals surface area contributed by atoms with Crippen LogP contribution >= 0.6 is 0 Å². The lowest BCUT2D eigenvalue weighted by Gasteiger charge is -1.98. The number of benzene rings is 1. The summed E-state index contributed by atoms with van der Waals surface area (Å²) in [6, 6.07) is 2.48. The second-order valence-corrected chi connectivity index (χ2v) is 2.61. The third kappa shape index (κ3) is 2.27. The zero-order valence-corrected chi connectivity index (χ0v) is 7.20. The largest absolute Gasteiger partial charge is 0.320 e. The van der Waals surface area contributed by atoms with E-state index in [4.69, 9.17) is 5.73 Å². The van der Waals surface area contributed by atoms with Crippen LogP contribution in [0.2, 0.25) is 0 Å². The van der Waals surface area contributed by atoms with E-state index in [0.717, 1.165) is 0 Å². The lowest BCUT2D eigenvalue weighted by Crippen LogP contribution is -1.95. The van der Waals surface area contributed by atoms with Crippen LogP contribution in [-0.4, -0.2) is 6.54 Å². The van der Waals surface area contributed by atoms with Crippen LogP contribution in [0.3, 0.4) is 0 Å². The van der Waals surface area contributed by atoms with E-state index in [1.165, 1.54) is 12.1 Å². The van der Waals surface area contributed by atoms with Gasteiger partial charge in [-0.15, -0.1) is 0 Å². The molecule has 0 bridgehead atoms. The van der Waals surface area contributed by atoms with Crippen molar-refractivity contribution in [3.8, 4) is 11.8 Å². The molecule has 2 N–H and O–H groups in total. The molecule has 0 aliphatic heterocycles. The number of nitrogens with two attached hydrogens (primary N) is 1. The van der Waals surface area contributed by atoms with Gasteiger partial charge in [-0.05, 0) is 24.6 Å². The maximum Gasteiger partial charge on any atom is 0.142 e. The van der Waals surface area contributed by atoms with Gasteiger partial charge in [0.1, 0.15) is 11.6 Å². The van der Waals surface area contributed by atoms with Crippen molar-refractivity contribution in [1.82, 2.24) is 0 Å². The molecule has 0 spiro atoms. The molecule has 13 heavy (non-hydrogen) atoms. The molecule has 0 amide bonds. The fourth-order valence-corrected chi connectivity index (χ4v) is 0.959. The van der Waals surface area contributed by atoms with Gasteiger partial charge >= 0.3 is 0 Å². The lowest BCUT2D eigenvalue weighted by atomic mass is 10.1. The smallest absolute Gasteiger partial charge is 0.142 e. The highest BCUT2D eigenvalue weighted by molar-refractivity contribution is 5.38. The van der Waals surface area contributed by atoms with Gasteiger partial charge in [0.05, 0.1) is 12.1 Å². The maximum atomic E-state index is 13.1. The SMILES string of the molecule is Cc1cc(F)c(C#CCN)c(F)c1. The maximum absolute atomic E-state index is 13.1. The first kappa shape index (κ1) is 9.69. The molecule has 0 aliphatic carbocycles. The Labute approximate surface area is 75.6 Å². The van der Waals surface area contributed by atoms with Crippen LogP contribution in [0.4, 0.5) is 8.78 Å². The van der Waals surface area contributed by atoms with Crippen LogP contribution in [0.5, 0.6) is 0 Å². The van der Waals surface area contributed by atoms with Crippen molar-refractivity contribution >= 4 is 0 Å². The Hall–Kier alpha value is -1.40. The summed E-state index contributed by atoms with van der Waals surface area (Å²) in [5.41, 5.74) is 5.41. The number of rotatable bonds is 0. The van der Waals surface area contributed by atoms with Gasteiger partial charge in [0.25, 0.3) is 0 Å². The second-order valence-electron chi connectivity index (χ2n) is 2.61. The average molecular weight is 181 g/mol. The number of hydrogen-bond acceptors (Lipinski definition) is 1. The molecule has 1 nitrogen and oxygen atoms in total. The first-order valence-corrected chi connectivity index (χ1v) is 3.79. The molecule has 0 fully saturated rings. The van der Waals surface area contributed by atoms with E-state index in [-0.39, 0.29) is 12.1 Å². The molecule has 0 saturated carbocycles. The predicted molar refractivity (Wildman–Crippen MR) is 47.0 cm³/mol. The second kappa shape index (κ2) is 4.01. The van der Waals surface area contributed by atoms with Gasteiger partial charge in [-0.1, -0.05) is 11.8 Å². The third-order valence-corrected chi connectivity index (χ3v) is 1.50. The minimum Gasteiger partial charge on any atom is -0.320 e. The van der Waals surface area contributed by atoms with Gasteiger partial charge in [-0.3, -0.25) is 0 Å². The summed E-state index contributed by atoms with van der Waals surface area (Å²) in [6.45, 7) is 1.71. The minimum atomic E-state index is -0.640. The highest BCUT2D eigenvalue weighted by Gasteiger charge is 2.06. The topological polar surface area (TPSA) is 26.0 Å². The fourth-order valence-electron chi connectivity index (χ4n) is 0.959. The first-order valence-electron chi connectivity index (χ1n) is 3.79. The van der Waals surface area contributed by atoms with Gasteiger partial charge in [0.15, 0.2) is 0 Å². The Bertz CT molecular complexity index is 351. The summed E-state index contributed by atoms with van der Waals surface area (Å²) >= 11 is 0. The summed E-state index contributed by atoms with van der Waals surface area (Å²) in [5.74, 6) is 3.47. The molecule has 0 heterocycles. The Kier molecular flexibility index (Phi) is 2.99. The van der Waals surface area contributed by atoms with Gasteiger partial charge < -0.3 is 5.73 Å². The highest BCUT2D eigenvalue weighted by atomic mass is 19.1. The number of hydrogen-bond donors (Lipinski definition) is 1. The van der Waals surface area contributed by atoms with Crippen molar-refractivity contribution in [1.29, 1.82) is 0 Å². The molecular formula is C10H9F2N. The van der Waals surface area contributed by atoms with Crippen LogP contribution < -0.4 is 5.73 Å². The summed E-state index contributed by atoms with van der Waals surface area (Å²) < 4.78 is 26.1. The van der Waals surface area contributed by atoms with Crippen molar-refractivity contribution in [2.75, 3.05) is 6.54 Å². The monoisotopic (exact) mass is 181 g/mol. The quantitative estimate of drug-likeness (QED) is 0.604. The van der Waals surface area contributed by atoms with E-state index in [1.807, 2.05) is 0 Å². The molecule has 0 aliphatic rings. The van der Waals surface area contributed by atoms with E-state index in [0.29, 0.717) is 5.56 Å². The van der Waals surface area contributed by atoms with E-state index >= 15 is 0 Å². The van der Waals surface area contributed by atoms with Crippen molar-refractivity contribution in [3.05, 3.63) is 34.9 Å². The molecule has 1 aromatic carbocycles. The first-order chi connectivity index (χ1) is 6.15. The van der Waals surface area contributed by atoms with Gasteiger partial charge in [-0.25, -0.2) is 8.78 Å². The normalized spacial score (nSPS) is 9.23. The van der Waals surface area contributed by atoms with Gasteiger partial charge in [0, 0.05) is 0 Å². The van der Waals surface area contributed by atoms with Crippen molar-refractivity contribution in [2.24, 2.45) is 5.73 Å². The van der Waals surface area contributed by atoms with Crippen LogP contribution in [0.15, 0.2) is 12.1 Å². The molecule has 0 radical (unpaired) electrons. The number of halogens is 2. The molecule has 3 heteroatoms. The minimum absolute atomic E-state index is 0.0900. The third-order valence-electron chi connectivity index (χ3n) is 1.50. The Morgan fingerprint density at radius 1 is 1.31 bits per heavy atom. The zero-order valence-electron chi connectivity index (χ0n) is 7.20. The summed E-state index contributed by atoms with van der Waals surface area (Å²) in [4.78, 5) is 0. The summed E-state index contributed by atoms with van der Waals surface area (Å²) in [5, 5.41) is 0. The molecule has 1 rings (SSSR count). The molecule has 0 saturated heterocycles. The summed E-state index contributed by atoms with van der Waals surface area (Å²) in [7, 11) is 0. The Morgan fingerprint density at radius 2 is 1.85 bits per heavy atom. The van der Waals surface area contributed by atoms with E-state index in [2.05, 4.69) is 11.8 Å². The molecule has 0 aromatic heterocycles. The predicted octanol–water partition coefficient (Wildman–Crippen LogP) is 1.58. The molecule has 1 aromatic rings. The molecule has 68 valence electrons. The Balaban J connectivity index is 3.21. The van der Waals surface area contributed by atoms with E-state index in [9.17, 15) is 8.78 Å².